The highest BCUT2D eigenvalue weighted by Gasteiger charge is 2.38. The Hall–Kier alpha value is -0.210. The molecule has 0 radical (unpaired) electrons. The molecule has 1 nitrogen and oxygen atoms in total. The molecular weight excluding hydrogens is 322 g/mol. The summed E-state index contributed by atoms with van der Waals surface area (Å²) in [4.78, 5) is 2.54. The molecule has 1 aromatic rings. The fourth-order valence-electron chi connectivity index (χ4n) is 3.71. The summed E-state index contributed by atoms with van der Waals surface area (Å²) in [6, 6.07) is 6.52. The van der Waals surface area contributed by atoms with Gasteiger partial charge in [-0.15, -0.1) is 0 Å². The predicted molar refractivity (Wildman–Crippen MR) is 86.4 cm³/mol. The molecule has 0 atom stereocenters. The molecule has 1 heterocycles. The van der Waals surface area contributed by atoms with Gasteiger partial charge in [-0.25, -0.2) is 0 Å². The second-order valence-electron chi connectivity index (χ2n) is 6.14. The van der Waals surface area contributed by atoms with Crippen LogP contribution >= 0.6 is 27.5 Å². The number of halogens is 2. The van der Waals surface area contributed by atoms with Crippen molar-refractivity contribution in [2.24, 2.45) is 5.41 Å². The standard InChI is InChI=1S/C16H21BrClN/c17-11-13-4-5-14(10-15(13)18)19-9-8-16(12-19)6-2-1-3-7-16/h4-5,10H,1-3,6-9,11-12H2. The van der Waals surface area contributed by atoms with Crippen molar-refractivity contribution in [3.05, 3.63) is 28.8 Å². The van der Waals surface area contributed by atoms with Crippen molar-refractivity contribution in [2.45, 2.75) is 43.9 Å². The van der Waals surface area contributed by atoms with Crippen molar-refractivity contribution in [3.8, 4) is 0 Å². The van der Waals surface area contributed by atoms with E-state index in [1.54, 1.807) is 0 Å². The third kappa shape index (κ3) is 2.80. The lowest BCUT2D eigenvalue weighted by Gasteiger charge is -2.33. The molecule has 0 aromatic heterocycles. The molecule has 19 heavy (non-hydrogen) atoms. The Bertz CT molecular complexity index is 454. The van der Waals surface area contributed by atoms with Crippen LogP contribution in [0.4, 0.5) is 5.69 Å². The number of hydrogen-bond acceptors (Lipinski definition) is 1. The van der Waals surface area contributed by atoms with Gasteiger partial charge in [-0.2, -0.15) is 0 Å². The average Bonchev–Trinajstić information content (AvgIpc) is 2.83. The average molecular weight is 343 g/mol. The second-order valence-corrected chi connectivity index (χ2v) is 7.11. The number of anilines is 1. The molecule has 104 valence electrons. The van der Waals surface area contributed by atoms with E-state index in [4.69, 9.17) is 11.6 Å². The summed E-state index contributed by atoms with van der Waals surface area (Å²) in [5.74, 6) is 0. The van der Waals surface area contributed by atoms with Crippen LogP contribution in [-0.2, 0) is 5.33 Å². The Kier molecular flexibility index (Phi) is 4.09. The van der Waals surface area contributed by atoms with Crippen molar-refractivity contribution in [1.29, 1.82) is 0 Å². The highest BCUT2D eigenvalue weighted by molar-refractivity contribution is 9.08. The molecule has 3 heteroatoms. The maximum atomic E-state index is 6.33. The fourth-order valence-corrected chi connectivity index (χ4v) is 4.60. The molecule has 0 N–H and O–H groups in total. The van der Waals surface area contributed by atoms with Crippen LogP contribution in [0.2, 0.25) is 5.02 Å². The van der Waals surface area contributed by atoms with E-state index in [0.717, 1.165) is 10.4 Å². The Morgan fingerprint density at radius 2 is 1.95 bits per heavy atom. The molecule has 0 amide bonds. The molecule has 1 saturated heterocycles. The van der Waals surface area contributed by atoms with Gasteiger partial charge in [-0.05, 0) is 42.4 Å². The van der Waals surface area contributed by atoms with Gasteiger partial charge in [0, 0.05) is 29.1 Å². The molecule has 1 aliphatic carbocycles. The highest BCUT2D eigenvalue weighted by Crippen LogP contribution is 2.45. The van der Waals surface area contributed by atoms with Gasteiger partial charge in [-0.3, -0.25) is 0 Å². The Balaban J connectivity index is 1.75. The van der Waals surface area contributed by atoms with Crippen LogP contribution in [0.3, 0.4) is 0 Å². The first-order valence-electron chi connectivity index (χ1n) is 7.32. The predicted octanol–water partition coefficient (Wildman–Crippen LogP) is 5.40. The lowest BCUT2D eigenvalue weighted by Crippen LogP contribution is -2.29. The maximum absolute atomic E-state index is 6.33. The van der Waals surface area contributed by atoms with E-state index in [2.05, 4.69) is 39.0 Å². The van der Waals surface area contributed by atoms with Gasteiger partial charge >= 0.3 is 0 Å². The van der Waals surface area contributed by atoms with Crippen LogP contribution in [0, 0.1) is 5.41 Å². The fraction of sp³-hybridized carbons (Fsp3) is 0.625. The SMILES string of the molecule is Clc1cc(N2CCC3(CCCCC3)C2)ccc1CBr. The zero-order valence-corrected chi connectivity index (χ0v) is 13.6. The molecule has 3 rings (SSSR count). The summed E-state index contributed by atoms with van der Waals surface area (Å²) in [7, 11) is 0. The lowest BCUT2D eigenvalue weighted by molar-refractivity contribution is 0.219. The first-order chi connectivity index (χ1) is 9.22. The summed E-state index contributed by atoms with van der Waals surface area (Å²) < 4.78 is 0. The van der Waals surface area contributed by atoms with Crippen molar-refractivity contribution in [1.82, 2.24) is 0 Å². The third-order valence-electron chi connectivity index (χ3n) is 4.90. The minimum Gasteiger partial charge on any atom is -0.371 e. The van der Waals surface area contributed by atoms with Gasteiger partial charge < -0.3 is 4.90 Å². The molecule has 0 bridgehead atoms. The number of hydrogen-bond donors (Lipinski definition) is 0. The van der Waals surface area contributed by atoms with Gasteiger partial charge in [0.25, 0.3) is 0 Å². The number of alkyl halides is 1. The van der Waals surface area contributed by atoms with Gasteiger partial charge in [0.2, 0.25) is 0 Å². The monoisotopic (exact) mass is 341 g/mol. The van der Waals surface area contributed by atoms with Gasteiger partial charge in [0.05, 0.1) is 0 Å². The maximum Gasteiger partial charge on any atom is 0.0467 e. The summed E-state index contributed by atoms with van der Waals surface area (Å²) in [6.45, 7) is 2.43. The van der Waals surface area contributed by atoms with E-state index in [-0.39, 0.29) is 0 Å². The van der Waals surface area contributed by atoms with E-state index < -0.39 is 0 Å². The Morgan fingerprint density at radius 3 is 2.63 bits per heavy atom. The van der Waals surface area contributed by atoms with Gasteiger partial charge in [0.1, 0.15) is 0 Å². The minimum absolute atomic E-state index is 0.610. The first-order valence-corrected chi connectivity index (χ1v) is 8.82. The first kappa shape index (κ1) is 13.8. The van der Waals surface area contributed by atoms with E-state index in [0.29, 0.717) is 5.41 Å². The van der Waals surface area contributed by atoms with Crippen molar-refractivity contribution in [3.63, 3.8) is 0 Å². The normalized spacial score (nSPS) is 22.1. The third-order valence-corrected chi connectivity index (χ3v) is 5.85. The van der Waals surface area contributed by atoms with E-state index in [9.17, 15) is 0 Å². The largest absolute Gasteiger partial charge is 0.371 e. The zero-order valence-electron chi connectivity index (χ0n) is 11.3. The molecule has 0 unspecified atom stereocenters. The van der Waals surface area contributed by atoms with E-state index in [1.807, 2.05) is 0 Å². The Morgan fingerprint density at radius 1 is 1.16 bits per heavy atom. The minimum atomic E-state index is 0.610. The van der Waals surface area contributed by atoms with Crippen LogP contribution in [0.15, 0.2) is 18.2 Å². The molecule has 1 aliphatic heterocycles. The van der Waals surface area contributed by atoms with Crippen LogP contribution in [0.25, 0.3) is 0 Å². The smallest absolute Gasteiger partial charge is 0.0467 e. The van der Waals surface area contributed by atoms with Crippen LogP contribution in [0.1, 0.15) is 44.1 Å². The highest BCUT2D eigenvalue weighted by atomic mass is 79.9. The van der Waals surface area contributed by atoms with Crippen LogP contribution in [-0.4, -0.2) is 13.1 Å². The summed E-state index contributed by atoms with van der Waals surface area (Å²) in [5.41, 5.74) is 3.09. The van der Waals surface area contributed by atoms with Crippen molar-refractivity contribution >= 4 is 33.2 Å². The molecule has 1 saturated carbocycles. The summed E-state index contributed by atoms with van der Waals surface area (Å²) >= 11 is 9.80. The van der Waals surface area contributed by atoms with Crippen LogP contribution < -0.4 is 4.90 Å². The van der Waals surface area contributed by atoms with Crippen molar-refractivity contribution in [2.75, 3.05) is 18.0 Å². The molecule has 2 fully saturated rings. The van der Waals surface area contributed by atoms with Gasteiger partial charge in [-0.1, -0.05) is 52.9 Å². The number of benzene rings is 1. The van der Waals surface area contributed by atoms with Crippen molar-refractivity contribution < 1.29 is 0 Å². The van der Waals surface area contributed by atoms with E-state index in [1.165, 1.54) is 62.9 Å². The second kappa shape index (κ2) is 5.65. The molecular formula is C16H21BrClN. The summed E-state index contributed by atoms with van der Waals surface area (Å²) in [5, 5.41) is 1.72. The number of nitrogens with zero attached hydrogens (tertiary/aromatic N) is 1. The quantitative estimate of drug-likeness (QED) is 0.651. The summed E-state index contributed by atoms with van der Waals surface area (Å²) in [6.07, 6.45) is 8.51. The zero-order chi connectivity index (χ0) is 13.3. The van der Waals surface area contributed by atoms with Crippen LogP contribution in [0.5, 0.6) is 0 Å². The van der Waals surface area contributed by atoms with Gasteiger partial charge in [0.15, 0.2) is 0 Å². The number of rotatable bonds is 2. The topological polar surface area (TPSA) is 3.24 Å². The van der Waals surface area contributed by atoms with E-state index >= 15 is 0 Å². The molecule has 1 aromatic carbocycles. The molecule has 1 spiro atoms. The lowest BCUT2D eigenvalue weighted by atomic mass is 9.73. The Labute approximate surface area is 129 Å². The molecule has 2 aliphatic rings.